The molecule has 0 rings (SSSR count). The number of carbonyl (C=O) groups excluding carboxylic acids is 1. The molecule has 21 heavy (non-hydrogen) atoms. The molecule has 126 valence electrons. The first-order valence-corrected chi connectivity index (χ1v) is 8.32. The Labute approximate surface area is 131 Å². The van der Waals surface area contributed by atoms with Crippen molar-refractivity contribution < 1.29 is 14.3 Å². The quantitative estimate of drug-likeness (QED) is 0.522. The van der Waals surface area contributed by atoms with Crippen LogP contribution in [-0.4, -0.2) is 32.2 Å². The third kappa shape index (κ3) is 14.3. The topological polar surface area (TPSA) is 35.5 Å². The maximum atomic E-state index is 11.6. The summed E-state index contributed by atoms with van der Waals surface area (Å²) in [5, 5.41) is 0. The third-order valence-electron chi connectivity index (χ3n) is 3.36. The Bertz CT molecular complexity index is 271. The highest BCUT2D eigenvalue weighted by Gasteiger charge is 2.20. The summed E-state index contributed by atoms with van der Waals surface area (Å²) in [6.07, 6.45) is 5.81. The molecule has 0 aromatic heterocycles. The molecule has 0 aromatic rings. The molecular formula is C18H36O3. The lowest BCUT2D eigenvalue weighted by molar-refractivity contribution is -0.131. The van der Waals surface area contributed by atoms with Gasteiger partial charge in [0.1, 0.15) is 6.61 Å². The van der Waals surface area contributed by atoms with E-state index in [9.17, 15) is 4.79 Å². The fourth-order valence-corrected chi connectivity index (χ4v) is 1.78. The first-order chi connectivity index (χ1) is 9.63. The molecule has 0 heterocycles. The van der Waals surface area contributed by atoms with Gasteiger partial charge in [0.25, 0.3) is 0 Å². The van der Waals surface area contributed by atoms with Crippen LogP contribution in [0.1, 0.15) is 73.6 Å². The summed E-state index contributed by atoms with van der Waals surface area (Å²) >= 11 is 0. The van der Waals surface area contributed by atoms with E-state index in [4.69, 9.17) is 9.47 Å². The van der Waals surface area contributed by atoms with E-state index in [1.54, 1.807) is 0 Å². The van der Waals surface area contributed by atoms with Crippen LogP contribution < -0.4 is 0 Å². The Balaban J connectivity index is 3.25. The number of ether oxygens (including phenoxy) is 2. The highest BCUT2D eigenvalue weighted by atomic mass is 16.5. The number of hydrogen-bond donors (Lipinski definition) is 0. The van der Waals surface area contributed by atoms with Crippen LogP contribution in [0.2, 0.25) is 0 Å². The van der Waals surface area contributed by atoms with Gasteiger partial charge < -0.3 is 9.47 Å². The lowest BCUT2D eigenvalue weighted by Gasteiger charge is -2.17. The Morgan fingerprint density at radius 1 is 0.762 bits per heavy atom. The van der Waals surface area contributed by atoms with E-state index >= 15 is 0 Å². The maximum Gasteiger partial charge on any atom is 0.163 e. The van der Waals surface area contributed by atoms with E-state index < -0.39 is 0 Å². The van der Waals surface area contributed by atoms with Crippen LogP contribution in [0.15, 0.2) is 0 Å². The number of Topliss-reactive ketones (excluding diaryl/α,β-unsaturated/α-hetero) is 1. The van der Waals surface area contributed by atoms with E-state index in [1.807, 2.05) is 20.8 Å². The summed E-state index contributed by atoms with van der Waals surface area (Å²) in [7, 11) is 0. The van der Waals surface area contributed by atoms with Gasteiger partial charge in [-0.2, -0.15) is 0 Å². The zero-order chi connectivity index (χ0) is 16.4. The monoisotopic (exact) mass is 300 g/mol. The van der Waals surface area contributed by atoms with Gasteiger partial charge in [-0.15, -0.1) is 0 Å². The summed E-state index contributed by atoms with van der Waals surface area (Å²) in [6, 6.07) is 0. The van der Waals surface area contributed by atoms with E-state index in [2.05, 4.69) is 20.8 Å². The summed E-state index contributed by atoms with van der Waals surface area (Å²) in [6.45, 7) is 15.0. The van der Waals surface area contributed by atoms with Crippen LogP contribution in [-0.2, 0) is 14.3 Å². The summed E-state index contributed by atoms with van der Waals surface area (Å²) in [5.74, 6) is 0.155. The zero-order valence-electron chi connectivity index (χ0n) is 15.1. The molecule has 0 saturated carbocycles. The molecule has 0 saturated heterocycles. The van der Waals surface area contributed by atoms with Gasteiger partial charge in [-0.3, -0.25) is 4.79 Å². The van der Waals surface area contributed by atoms with Crippen LogP contribution in [0.3, 0.4) is 0 Å². The first-order valence-electron chi connectivity index (χ1n) is 8.32. The Morgan fingerprint density at radius 2 is 1.33 bits per heavy atom. The lowest BCUT2D eigenvalue weighted by Crippen LogP contribution is -2.25. The molecule has 0 atom stereocenters. The molecule has 0 aliphatic heterocycles. The Kier molecular flexibility index (Phi) is 10.1. The molecule has 0 N–H and O–H groups in total. The Morgan fingerprint density at radius 3 is 1.90 bits per heavy atom. The predicted molar refractivity (Wildman–Crippen MR) is 88.6 cm³/mol. The van der Waals surface area contributed by atoms with Crippen molar-refractivity contribution in [2.24, 2.45) is 10.8 Å². The zero-order valence-corrected chi connectivity index (χ0v) is 15.1. The highest BCUT2D eigenvalue weighted by Crippen LogP contribution is 2.21. The van der Waals surface area contributed by atoms with Crippen LogP contribution >= 0.6 is 0 Å². The second-order valence-corrected chi connectivity index (χ2v) is 8.06. The molecule has 0 unspecified atom stereocenters. The van der Waals surface area contributed by atoms with Gasteiger partial charge in [0, 0.05) is 25.2 Å². The minimum atomic E-state index is -0.302. The van der Waals surface area contributed by atoms with E-state index in [-0.39, 0.29) is 17.8 Å². The van der Waals surface area contributed by atoms with Crippen molar-refractivity contribution in [2.75, 3.05) is 26.4 Å². The molecular weight excluding hydrogens is 264 g/mol. The van der Waals surface area contributed by atoms with Crippen LogP contribution in [0.4, 0.5) is 0 Å². The molecule has 0 spiro atoms. The molecule has 0 fully saturated rings. The largest absolute Gasteiger partial charge is 0.381 e. The molecule has 3 nitrogen and oxygen atoms in total. The molecule has 0 aliphatic rings. The molecule has 0 amide bonds. The number of carbonyl (C=O) groups is 1. The summed E-state index contributed by atoms with van der Waals surface area (Å²) in [5.41, 5.74) is 0.145. The van der Waals surface area contributed by atoms with Gasteiger partial charge in [0.2, 0.25) is 0 Å². The smallest absolute Gasteiger partial charge is 0.163 e. The van der Waals surface area contributed by atoms with Gasteiger partial charge in [0.15, 0.2) is 5.78 Å². The molecule has 0 aliphatic carbocycles. The molecule has 0 bridgehead atoms. The van der Waals surface area contributed by atoms with Gasteiger partial charge in [-0.1, -0.05) is 54.4 Å². The molecule has 0 aromatic carbocycles. The van der Waals surface area contributed by atoms with Gasteiger partial charge in [-0.05, 0) is 24.7 Å². The maximum absolute atomic E-state index is 11.6. The summed E-state index contributed by atoms with van der Waals surface area (Å²) < 4.78 is 11.0. The highest BCUT2D eigenvalue weighted by molar-refractivity contribution is 5.84. The number of rotatable bonds is 11. The van der Waals surface area contributed by atoms with Crippen LogP contribution in [0.25, 0.3) is 0 Å². The number of ketones is 1. The van der Waals surface area contributed by atoms with Gasteiger partial charge in [0.05, 0.1) is 0 Å². The normalized spacial score (nSPS) is 12.7. The van der Waals surface area contributed by atoms with Crippen molar-refractivity contribution >= 4 is 5.78 Å². The van der Waals surface area contributed by atoms with Crippen molar-refractivity contribution in [2.45, 2.75) is 73.6 Å². The predicted octanol–water partition coefficient (Wildman–Crippen LogP) is 4.63. The van der Waals surface area contributed by atoms with Crippen LogP contribution in [0.5, 0.6) is 0 Å². The summed E-state index contributed by atoms with van der Waals surface area (Å²) in [4.78, 5) is 11.6. The van der Waals surface area contributed by atoms with Crippen molar-refractivity contribution in [1.82, 2.24) is 0 Å². The minimum absolute atomic E-state index is 0.155. The van der Waals surface area contributed by atoms with E-state index in [0.717, 1.165) is 26.1 Å². The SMILES string of the molecule is CC(C)(C)CCCCCOCCCOCC(=O)C(C)(C)C. The van der Waals surface area contributed by atoms with Crippen molar-refractivity contribution in [3.63, 3.8) is 0 Å². The lowest BCUT2D eigenvalue weighted by atomic mass is 9.89. The van der Waals surface area contributed by atoms with Crippen molar-refractivity contribution in [1.29, 1.82) is 0 Å². The average Bonchev–Trinajstić information content (AvgIpc) is 2.33. The Hall–Kier alpha value is -0.410. The second kappa shape index (κ2) is 10.3. The molecule has 0 radical (unpaired) electrons. The first kappa shape index (κ1) is 20.6. The van der Waals surface area contributed by atoms with Gasteiger partial charge >= 0.3 is 0 Å². The fraction of sp³-hybridized carbons (Fsp3) is 0.944. The standard InChI is InChI=1S/C18H36O3/c1-17(2,3)11-8-7-9-12-20-13-10-14-21-15-16(19)18(4,5)6/h7-15H2,1-6H3. The minimum Gasteiger partial charge on any atom is -0.381 e. The fourth-order valence-electron chi connectivity index (χ4n) is 1.78. The van der Waals surface area contributed by atoms with E-state index in [1.165, 1.54) is 19.3 Å². The number of unbranched alkanes of at least 4 members (excludes halogenated alkanes) is 2. The van der Waals surface area contributed by atoms with Crippen molar-refractivity contribution in [3.05, 3.63) is 0 Å². The van der Waals surface area contributed by atoms with Gasteiger partial charge in [-0.25, -0.2) is 0 Å². The molecule has 3 heteroatoms. The second-order valence-electron chi connectivity index (χ2n) is 8.06. The van der Waals surface area contributed by atoms with Crippen molar-refractivity contribution in [3.8, 4) is 0 Å². The number of hydrogen-bond acceptors (Lipinski definition) is 3. The van der Waals surface area contributed by atoms with E-state index in [0.29, 0.717) is 12.0 Å². The third-order valence-corrected chi connectivity index (χ3v) is 3.36. The van der Waals surface area contributed by atoms with Crippen LogP contribution in [0, 0.1) is 10.8 Å². The average molecular weight is 300 g/mol.